The molecule has 0 unspecified atom stereocenters. The maximum atomic E-state index is 12.8. The number of nitrogens with zero attached hydrogens (tertiary/aromatic N) is 1. The Hall–Kier alpha value is -1.73. The highest BCUT2D eigenvalue weighted by atomic mass is 32.2. The molecule has 0 fully saturated rings. The largest absolute Gasteiger partial charge is 0.444 e. The molecule has 5 nitrogen and oxygen atoms in total. The van der Waals surface area contributed by atoms with E-state index < -0.39 is 10.0 Å². The van der Waals surface area contributed by atoms with Gasteiger partial charge >= 0.3 is 0 Å². The summed E-state index contributed by atoms with van der Waals surface area (Å²) in [6.07, 6.45) is 2.49. The van der Waals surface area contributed by atoms with Crippen molar-refractivity contribution in [3.8, 4) is 11.5 Å². The van der Waals surface area contributed by atoms with Crippen molar-refractivity contribution in [1.82, 2.24) is 9.71 Å². The second-order valence-electron chi connectivity index (χ2n) is 4.61. The lowest BCUT2D eigenvalue weighted by Crippen LogP contribution is -2.28. The van der Waals surface area contributed by atoms with E-state index in [2.05, 4.69) is 9.71 Å². The Morgan fingerprint density at radius 3 is 2.67 bits per heavy atom. The zero-order valence-corrected chi connectivity index (χ0v) is 12.5. The maximum Gasteiger partial charge on any atom is 0.226 e. The Bertz CT molecular complexity index is 680. The molecule has 0 spiro atoms. The molecular formula is C14H17FN2O3S. The van der Waals surface area contributed by atoms with Gasteiger partial charge in [-0.25, -0.2) is 22.5 Å². The first-order valence-corrected chi connectivity index (χ1v) is 8.33. The lowest BCUT2D eigenvalue weighted by atomic mass is 10.2. The molecule has 0 aliphatic rings. The van der Waals surface area contributed by atoms with Crippen molar-refractivity contribution in [1.29, 1.82) is 0 Å². The van der Waals surface area contributed by atoms with E-state index in [9.17, 15) is 12.8 Å². The second kappa shape index (κ2) is 6.82. The van der Waals surface area contributed by atoms with Crippen LogP contribution in [-0.4, -0.2) is 25.7 Å². The van der Waals surface area contributed by atoms with Crippen LogP contribution in [0.3, 0.4) is 0 Å². The van der Waals surface area contributed by atoms with Crippen LogP contribution in [0.1, 0.15) is 19.0 Å². The third kappa shape index (κ3) is 4.64. The highest BCUT2D eigenvalue weighted by Crippen LogP contribution is 2.18. The summed E-state index contributed by atoms with van der Waals surface area (Å²) in [5, 5.41) is 0. The van der Waals surface area contributed by atoms with E-state index in [1.54, 1.807) is 12.1 Å². The lowest BCUT2D eigenvalue weighted by molar-refractivity contribution is 0.569. The van der Waals surface area contributed by atoms with Crippen LogP contribution in [0, 0.1) is 5.82 Å². The first-order valence-electron chi connectivity index (χ1n) is 6.68. The van der Waals surface area contributed by atoms with E-state index in [4.69, 9.17) is 4.42 Å². The van der Waals surface area contributed by atoms with Gasteiger partial charge < -0.3 is 4.42 Å². The minimum atomic E-state index is -3.20. The number of sulfonamides is 1. The molecule has 0 radical (unpaired) electrons. The Morgan fingerprint density at radius 2 is 2.00 bits per heavy atom. The molecule has 21 heavy (non-hydrogen) atoms. The van der Waals surface area contributed by atoms with Crippen LogP contribution >= 0.6 is 0 Å². The van der Waals surface area contributed by atoms with Gasteiger partial charge in [-0.05, 0) is 30.7 Å². The molecule has 2 aromatic rings. The molecule has 0 saturated heterocycles. The molecule has 1 N–H and O–H groups in total. The normalized spacial score (nSPS) is 11.7. The molecule has 0 bridgehead atoms. The summed E-state index contributed by atoms with van der Waals surface area (Å²) in [6.45, 7) is 2.09. The van der Waals surface area contributed by atoms with Crippen molar-refractivity contribution >= 4 is 10.0 Å². The fourth-order valence-corrected chi connectivity index (χ4v) is 2.92. The van der Waals surface area contributed by atoms with Gasteiger partial charge in [0.1, 0.15) is 12.1 Å². The summed E-state index contributed by atoms with van der Waals surface area (Å²) in [6, 6.07) is 5.82. The predicted octanol–water partition coefficient (Wildman–Crippen LogP) is 2.35. The Balaban J connectivity index is 1.93. The average Bonchev–Trinajstić information content (AvgIpc) is 2.88. The van der Waals surface area contributed by atoms with Crippen molar-refractivity contribution in [3.05, 3.63) is 42.0 Å². The van der Waals surface area contributed by atoms with Crippen molar-refractivity contribution in [2.45, 2.75) is 19.8 Å². The third-order valence-electron chi connectivity index (χ3n) is 2.82. The summed E-state index contributed by atoms with van der Waals surface area (Å²) in [5.41, 5.74) is 1.32. The topological polar surface area (TPSA) is 72.2 Å². The standard InChI is InChI=1S/C14H17FN2O3S/c1-2-9-21(18,19)16-8-7-13-10-20-14(17-13)11-3-5-12(15)6-4-11/h3-6,10,16H,2,7-9H2,1H3. The molecule has 1 aromatic carbocycles. The zero-order chi connectivity index (χ0) is 15.3. The van der Waals surface area contributed by atoms with E-state index in [1.165, 1.54) is 18.4 Å². The van der Waals surface area contributed by atoms with E-state index in [0.29, 0.717) is 30.0 Å². The Morgan fingerprint density at radius 1 is 1.29 bits per heavy atom. The van der Waals surface area contributed by atoms with Crippen molar-refractivity contribution in [3.63, 3.8) is 0 Å². The van der Waals surface area contributed by atoms with Gasteiger partial charge in [0.25, 0.3) is 0 Å². The fraction of sp³-hybridized carbons (Fsp3) is 0.357. The van der Waals surface area contributed by atoms with Crippen molar-refractivity contribution in [2.75, 3.05) is 12.3 Å². The summed E-state index contributed by atoms with van der Waals surface area (Å²) in [7, 11) is -3.20. The fourth-order valence-electron chi connectivity index (χ4n) is 1.82. The van der Waals surface area contributed by atoms with Crippen LogP contribution in [-0.2, 0) is 16.4 Å². The molecule has 0 atom stereocenters. The molecular weight excluding hydrogens is 295 g/mol. The van der Waals surface area contributed by atoms with Gasteiger partial charge in [-0.1, -0.05) is 6.92 Å². The molecule has 114 valence electrons. The number of rotatable bonds is 7. The number of nitrogens with one attached hydrogen (secondary N) is 1. The first-order chi connectivity index (χ1) is 10.00. The summed E-state index contributed by atoms with van der Waals surface area (Å²) >= 11 is 0. The quantitative estimate of drug-likeness (QED) is 0.852. The number of oxazole rings is 1. The highest BCUT2D eigenvalue weighted by molar-refractivity contribution is 7.89. The monoisotopic (exact) mass is 312 g/mol. The zero-order valence-electron chi connectivity index (χ0n) is 11.7. The summed E-state index contributed by atoms with van der Waals surface area (Å²) in [4.78, 5) is 4.25. The van der Waals surface area contributed by atoms with E-state index in [-0.39, 0.29) is 18.1 Å². The van der Waals surface area contributed by atoms with Gasteiger partial charge in [-0.15, -0.1) is 0 Å². The van der Waals surface area contributed by atoms with Gasteiger partial charge in [0.2, 0.25) is 15.9 Å². The predicted molar refractivity (Wildman–Crippen MR) is 77.7 cm³/mol. The molecule has 0 amide bonds. The van der Waals surface area contributed by atoms with E-state index in [1.807, 2.05) is 6.92 Å². The van der Waals surface area contributed by atoms with Gasteiger partial charge in [0, 0.05) is 18.5 Å². The third-order valence-corrected chi connectivity index (χ3v) is 4.41. The number of halogens is 1. The summed E-state index contributed by atoms with van der Waals surface area (Å²) < 4.78 is 43.6. The summed E-state index contributed by atoms with van der Waals surface area (Å²) in [5.74, 6) is 0.185. The maximum absolute atomic E-state index is 12.8. The molecule has 1 heterocycles. The van der Waals surface area contributed by atoms with Crippen molar-refractivity contribution in [2.24, 2.45) is 0 Å². The number of hydrogen-bond acceptors (Lipinski definition) is 4. The van der Waals surface area contributed by atoms with Gasteiger partial charge in [0.05, 0.1) is 11.4 Å². The Labute approximate surface area is 123 Å². The van der Waals surface area contributed by atoms with Crippen LogP contribution in [0.2, 0.25) is 0 Å². The van der Waals surface area contributed by atoms with Gasteiger partial charge in [-0.2, -0.15) is 0 Å². The van der Waals surface area contributed by atoms with Crippen LogP contribution in [0.4, 0.5) is 4.39 Å². The molecule has 0 saturated carbocycles. The minimum absolute atomic E-state index is 0.118. The highest BCUT2D eigenvalue weighted by Gasteiger charge is 2.10. The van der Waals surface area contributed by atoms with Crippen LogP contribution in [0.15, 0.2) is 34.9 Å². The smallest absolute Gasteiger partial charge is 0.226 e. The number of benzene rings is 1. The van der Waals surface area contributed by atoms with E-state index >= 15 is 0 Å². The minimum Gasteiger partial charge on any atom is -0.444 e. The van der Waals surface area contributed by atoms with Gasteiger partial charge in [-0.3, -0.25) is 0 Å². The number of aromatic nitrogens is 1. The van der Waals surface area contributed by atoms with Crippen molar-refractivity contribution < 1.29 is 17.2 Å². The average molecular weight is 312 g/mol. The van der Waals surface area contributed by atoms with E-state index in [0.717, 1.165) is 0 Å². The molecule has 0 aliphatic heterocycles. The van der Waals surface area contributed by atoms with Crippen LogP contribution < -0.4 is 4.72 Å². The molecule has 0 aliphatic carbocycles. The molecule has 7 heteroatoms. The Kier molecular flexibility index (Phi) is 5.08. The van der Waals surface area contributed by atoms with Gasteiger partial charge in [0.15, 0.2) is 0 Å². The number of hydrogen-bond donors (Lipinski definition) is 1. The lowest BCUT2D eigenvalue weighted by Gasteiger charge is -2.03. The SMILES string of the molecule is CCCS(=O)(=O)NCCc1coc(-c2ccc(F)cc2)n1. The van der Waals surface area contributed by atoms with Crippen LogP contribution in [0.5, 0.6) is 0 Å². The molecule has 2 rings (SSSR count). The second-order valence-corrected chi connectivity index (χ2v) is 6.54. The first kappa shape index (κ1) is 15.7. The molecule has 1 aromatic heterocycles. The van der Waals surface area contributed by atoms with Crippen LogP contribution in [0.25, 0.3) is 11.5 Å².